The maximum absolute atomic E-state index is 12.7. The van der Waals surface area contributed by atoms with E-state index in [4.69, 9.17) is 9.26 Å². The molecular formula is C17H20N4O5S. The molecule has 10 heteroatoms. The molecule has 1 atom stereocenters. The highest BCUT2D eigenvalue weighted by Crippen LogP contribution is 2.45. The van der Waals surface area contributed by atoms with Crippen molar-refractivity contribution >= 4 is 15.7 Å². The Morgan fingerprint density at radius 1 is 1.37 bits per heavy atom. The Kier molecular flexibility index (Phi) is 4.37. The fourth-order valence-electron chi connectivity index (χ4n) is 3.85. The number of ether oxygens (including phenoxy) is 1. The standard InChI is InChI=1S/C17H20N4O5S/c1-2-14-13(8-20-26-14)15(22)21-10-17(11-21)12(4-7-27(17,23)24)9-25-16-18-5-3-6-19-16/h3,5-6,8,12H,2,4,7,9-11H2,1H3/t12-/m0/s1. The number of amides is 1. The molecule has 2 aliphatic rings. The lowest BCUT2D eigenvalue weighted by atomic mass is 9.83. The zero-order chi connectivity index (χ0) is 19.1. The Balaban J connectivity index is 1.48. The summed E-state index contributed by atoms with van der Waals surface area (Å²) >= 11 is 0. The molecule has 27 heavy (non-hydrogen) atoms. The van der Waals surface area contributed by atoms with Gasteiger partial charge in [-0.3, -0.25) is 4.79 Å². The average molecular weight is 392 g/mol. The summed E-state index contributed by atoms with van der Waals surface area (Å²) in [6.07, 6.45) is 5.58. The van der Waals surface area contributed by atoms with Crippen LogP contribution in [0.3, 0.4) is 0 Å². The highest BCUT2D eigenvalue weighted by molar-refractivity contribution is 7.93. The summed E-state index contributed by atoms with van der Waals surface area (Å²) in [7, 11) is -3.31. The van der Waals surface area contributed by atoms with Crippen molar-refractivity contribution in [3.63, 3.8) is 0 Å². The molecule has 2 fully saturated rings. The second-order valence-corrected chi connectivity index (χ2v) is 9.34. The largest absolute Gasteiger partial charge is 0.463 e. The van der Waals surface area contributed by atoms with E-state index in [1.54, 1.807) is 23.4 Å². The Hall–Kier alpha value is -2.49. The van der Waals surface area contributed by atoms with Gasteiger partial charge in [-0.1, -0.05) is 12.1 Å². The number of sulfone groups is 1. The third-order valence-corrected chi connectivity index (χ3v) is 8.06. The molecule has 0 aromatic carbocycles. The Morgan fingerprint density at radius 3 is 2.81 bits per heavy atom. The van der Waals surface area contributed by atoms with Gasteiger partial charge in [0, 0.05) is 37.8 Å². The fraction of sp³-hybridized carbons (Fsp3) is 0.529. The SMILES string of the molecule is CCc1oncc1C(=O)N1CC2(C1)[C@H](COc1ncccn1)CCS2(=O)=O. The first-order valence-corrected chi connectivity index (χ1v) is 10.5. The van der Waals surface area contributed by atoms with E-state index >= 15 is 0 Å². The van der Waals surface area contributed by atoms with E-state index in [9.17, 15) is 13.2 Å². The van der Waals surface area contributed by atoms with Gasteiger partial charge in [-0.25, -0.2) is 18.4 Å². The molecular weight excluding hydrogens is 372 g/mol. The molecule has 144 valence electrons. The first-order chi connectivity index (χ1) is 13.0. The number of carbonyl (C=O) groups is 1. The minimum absolute atomic E-state index is 0.103. The smallest absolute Gasteiger partial charge is 0.316 e. The number of aromatic nitrogens is 3. The molecule has 0 N–H and O–H groups in total. The number of aryl methyl sites for hydroxylation is 1. The Labute approximate surface area is 156 Å². The average Bonchev–Trinajstić information content (AvgIpc) is 3.21. The molecule has 0 saturated carbocycles. The maximum Gasteiger partial charge on any atom is 0.316 e. The molecule has 0 aliphatic carbocycles. The van der Waals surface area contributed by atoms with E-state index < -0.39 is 14.6 Å². The summed E-state index contributed by atoms with van der Waals surface area (Å²) in [5, 5.41) is 3.68. The van der Waals surface area contributed by atoms with Crippen LogP contribution in [0.1, 0.15) is 29.5 Å². The second kappa shape index (κ2) is 6.59. The highest BCUT2D eigenvalue weighted by Gasteiger charge is 2.63. The Bertz CT molecular complexity index is 937. The molecule has 2 aliphatic heterocycles. The molecule has 0 radical (unpaired) electrons. The lowest BCUT2D eigenvalue weighted by Crippen LogP contribution is -2.69. The van der Waals surface area contributed by atoms with E-state index in [1.165, 1.54) is 6.20 Å². The van der Waals surface area contributed by atoms with E-state index in [2.05, 4.69) is 15.1 Å². The predicted molar refractivity (Wildman–Crippen MR) is 93.9 cm³/mol. The van der Waals surface area contributed by atoms with Crippen molar-refractivity contribution in [1.82, 2.24) is 20.0 Å². The van der Waals surface area contributed by atoms with Crippen LogP contribution in [0.4, 0.5) is 0 Å². The first-order valence-electron chi connectivity index (χ1n) is 8.82. The lowest BCUT2D eigenvalue weighted by molar-refractivity contribution is 0.0401. The number of carbonyl (C=O) groups excluding carboxylic acids is 1. The quantitative estimate of drug-likeness (QED) is 0.731. The number of hydrogen-bond donors (Lipinski definition) is 0. The summed E-state index contributed by atoms with van der Waals surface area (Å²) in [5.74, 6) is 0.165. The van der Waals surface area contributed by atoms with Crippen molar-refractivity contribution in [2.24, 2.45) is 5.92 Å². The zero-order valence-corrected chi connectivity index (χ0v) is 15.7. The molecule has 9 nitrogen and oxygen atoms in total. The summed E-state index contributed by atoms with van der Waals surface area (Å²) in [6, 6.07) is 1.90. The fourth-order valence-corrected chi connectivity index (χ4v) is 6.25. The lowest BCUT2D eigenvalue weighted by Gasteiger charge is -2.49. The van der Waals surface area contributed by atoms with Crippen molar-refractivity contribution in [1.29, 1.82) is 0 Å². The summed E-state index contributed by atoms with van der Waals surface area (Å²) in [5.41, 5.74) is 0.397. The van der Waals surface area contributed by atoms with Crippen LogP contribution in [0.2, 0.25) is 0 Å². The number of hydrogen-bond acceptors (Lipinski definition) is 8. The molecule has 0 bridgehead atoms. The molecule has 2 saturated heterocycles. The van der Waals surface area contributed by atoms with Crippen molar-refractivity contribution in [3.8, 4) is 6.01 Å². The van der Waals surface area contributed by atoms with Gasteiger partial charge >= 0.3 is 6.01 Å². The van der Waals surface area contributed by atoms with E-state index in [1.807, 2.05) is 6.92 Å². The van der Waals surface area contributed by atoms with Gasteiger partial charge < -0.3 is 14.2 Å². The third kappa shape index (κ3) is 2.88. The molecule has 0 unspecified atom stereocenters. The van der Waals surface area contributed by atoms with Crippen LogP contribution < -0.4 is 4.74 Å². The zero-order valence-electron chi connectivity index (χ0n) is 14.9. The van der Waals surface area contributed by atoms with Crippen LogP contribution in [0.15, 0.2) is 29.2 Å². The van der Waals surface area contributed by atoms with Crippen LogP contribution in [0, 0.1) is 5.92 Å². The summed E-state index contributed by atoms with van der Waals surface area (Å²) in [4.78, 5) is 22.2. The van der Waals surface area contributed by atoms with Crippen molar-refractivity contribution in [2.75, 3.05) is 25.4 Å². The number of likely N-dealkylation sites (tertiary alicyclic amines) is 1. The van der Waals surface area contributed by atoms with Gasteiger partial charge in [-0.2, -0.15) is 0 Å². The summed E-state index contributed by atoms with van der Waals surface area (Å²) < 4.78 is 35.1. The Morgan fingerprint density at radius 2 is 2.11 bits per heavy atom. The van der Waals surface area contributed by atoms with Crippen molar-refractivity contribution in [2.45, 2.75) is 24.5 Å². The normalized spacial score (nSPS) is 22.6. The van der Waals surface area contributed by atoms with Gasteiger partial charge in [0.1, 0.15) is 16.1 Å². The van der Waals surface area contributed by atoms with Crippen LogP contribution in [0.5, 0.6) is 6.01 Å². The van der Waals surface area contributed by atoms with Gasteiger partial charge in [0.15, 0.2) is 9.84 Å². The predicted octanol–water partition coefficient (Wildman–Crippen LogP) is 0.735. The number of nitrogens with zero attached hydrogens (tertiary/aromatic N) is 4. The van der Waals surface area contributed by atoms with Gasteiger partial charge in [0.2, 0.25) is 0 Å². The minimum atomic E-state index is -3.31. The number of rotatable bonds is 5. The van der Waals surface area contributed by atoms with Crippen LogP contribution in [-0.2, 0) is 16.3 Å². The molecule has 2 aromatic rings. The van der Waals surface area contributed by atoms with Crippen LogP contribution in [0.25, 0.3) is 0 Å². The van der Waals surface area contributed by atoms with E-state index in [0.29, 0.717) is 24.2 Å². The first kappa shape index (κ1) is 17.9. The molecule has 4 rings (SSSR count). The second-order valence-electron chi connectivity index (χ2n) is 6.89. The van der Waals surface area contributed by atoms with Gasteiger partial charge in [0.25, 0.3) is 5.91 Å². The minimum Gasteiger partial charge on any atom is -0.463 e. The van der Waals surface area contributed by atoms with Crippen molar-refractivity contribution < 1.29 is 22.5 Å². The molecule has 2 aromatic heterocycles. The molecule has 1 spiro atoms. The van der Waals surface area contributed by atoms with Crippen molar-refractivity contribution in [3.05, 3.63) is 36.0 Å². The molecule has 1 amide bonds. The van der Waals surface area contributed by atoms with Gasteiger partial charge in [0.05, 0.1) is 18.6 Å². The summed E-state index contributed by atoms with van der Waals surface area (Å²) in [6.45, 7) is 2.40. The monoisotopic (exact) mass is 392 g/mol. The highest BCUT2D eigenvalue weighted by atomic mass is 32.2. The van der Waals surface area contributed by atoms with E-state index in [-0.39, 0.29) is 43.3 Å². The van der Waals surface area contributed by atoms with Crippen LogP contribution >= 0.6 is 0 Å². The topological polar surface area (TPSA) is 115 Å². The van der Waals surface area contributed by atoms with Gasteiger partial charge in [-0.05, 0) is 12.5 Å². The van der Waals surface area contributed by atoms with E-state index in [0.717, 1.165) is 0 Å². The maximum atomic E-state index is 12.7. The third-order valence-electron chi connectivity index (χ3n) is 5.45. The van der Waals surface area contributed by atoms with Gasteiger partial charge in [-0.15, -0.1) is 0 Å². The molecule has 4 heterocycles. The van der Waals surface area contributed by atoms with Crippen LogP contribution in [-0.4, -0.2) is 64.5 Å².